The molecule has 0 aliphatic carbocycles. The molecule has 0 aromatic heterocycles. The normalized spacial score (nSPS) is 12.7. The molecule has 0 amide bonds. The molecule has 1 atom stereocenters. The smallest absolute Gasteiger partial charge is 0.347 e. The van der Waals surface area contributed by atoms with E-state index in [9.17, 15) is 20.0 Å². The molecule has 0 saturated heterocycles. The van der Waals surface area contributed by atoms with Crippen molar-refractivity contribution in [1.29, 1.82) is 0 Å². The highest BCUT2D eigenvalue weighted by molar-refractivity contribution is 9.10. The lowest BCUT2D eigenvalue weighted by Crippen LogP contribution is -2.67. The predicted molar refractivity (Wildman–Crippen MR) is 136 cm³/mol. The topological polar surface area (TPSA) is 98.9 Å². The van der Waals surface area contributed by atoms with Crippen molar-refractivity contribution in [2.75, 3.05) is 6.61 Å². The maximum absolute atomic E-state index is 12.1. The summed E-state index contributed by atoms with van der Waals surface area (Å²) in [6.07, 6.45) is -1.44. The fraction of sp³-hybridized carbons (Fsp3) is 0.240. The monoisotopic (exact) mass is 543 g/mol. The van der Waals surface area contributed by atoms with E-state index in [0.29, 0.717) is 4.47 Å². The number of carboxylic acids is 1. The van der Waals surface area contributed by atoms with Crippen LogP contribution in [0.4, 0.5) is 5.69 Å². The van der Waals surface area contributed by atoms with Crippen LogP contribution in [0.3, 0.4) is 0 Å². The molecule has 0 unspecified atom stereocenters. The largest absolute Gasteiger partial charge is 0.478 e. The van der Waals surface area contributed by atoms with Gasteiger partial charge in [0.1, 0.15) is 0 Å². The molecule has 0 aliphatic heterocycles. The van der Waals surface area contributed by atoms with Gasteiger partial charge in [-0.05, 0) is 27.5 Å². The van der Waals surface area contributed by atoms with Gasteiger partial charge in [0.05, 0.1) is 11.5 Å². The molecule has 3 aromatic carbocycles. The summed E-state index contributed by atoms with van der Waals surface area (Å²) in [5, 5.41) is 23.0. The molecule has 0 saturated carbocycles. The van der Waals surface area contributed by atoms with Crippen molar-refractivity contribution in [2.45, 2.75) is 31.9 Å². The Bertz CT molecular complexity index is 1110. The first-order chi connectivity index (χ1) is 16.1. The van der Waals surface area contributed by atoms with Crippen LogP contribution in [0.5, 0.6) is 5.75 Å². The summed E-state index contributed by atoms with van der Waals surface area (Å²) in [6, 6.07) is 23.8. The van der Waals surface area contributed by atoms with Crippen LogP contribution in [0.15, 0.2) is 83.3 Å². The molecular formula is C25H26BrNO6Si. The molecule has 34 heavy (non-hydrogen) atoms. The molecule has 0 heterocycles. The van der Waals surface area contributed by atoms with Gasteiger partial charge < -0.3 is 14.3 Å². The fourth-order valence-corrected chi connectivity index (χ4v) is 8.91. The summed E-state index contributed by atoms with van der Waals surface area (Å²) >= 11 is 3.19. The van der Waals surface area contributed by atoms with Crippen molar-refractivity contribution in [3.05, 3.63) is 93.4 Å². The molecule has 0 fully saturated rings. The van der Waals surface area contributed by atoms with E-state index in [2.05, 4.69) is 36.7 Å². The molecule has 0 aliphatic rings. The molecular weight excluding hydrogens is 518 g/mol. The maximum atomic E-state index is 12.1. The zero-order chi connectivity index (χ0) is 24.9. The third-order valence-corrected chi connectivity index (χ3v) is 11.0. The van der Waals surface area contributed by atoms with Gasteiger partial charge in [-0.2, -0.15) is 0 Å². The Labute approximate surface area is 207 Å². The molecule has 0 bridgehead atoms. The number of nitro benzene ring substituents is 1. The Hall–Kier alpha value is -3.01. The van der Waals surface area contributed by atoms with Gasteiger partial charge >= 0.3 is 11.7 Å². The summed E-state index contributed by atoms with van der Waals surface area (Å²) < 4.78 is 12.8. The van der Waals surface area contributed by atoms with Crippen LogP contribution < -0.4 is 15.1 Å². The third kappa shape index (κ3) is 5.38. The van der Waals surface area contributed by atoms with Gasteiger partial charge in [-0.15, -0.1) is 0 Å². The van der Waals surface area contributed by atoms with E-state index in [1.807, 2.05) is 60.7 Å². The Morgan fingerprint density at radius 3 is 2.00 bits per heavy atom. The number of hydrogen-bond donors (Lipinski definition) is 1. The summed E-state index contributed by atoms with van der Waals surface area (Å²) in [5.41, 5.74) is -0.328. The average molecular weight is 544 g/mol. The number of hydrogen-bond acceptors (Lipinski definition) is 5. The molecule has 3 rings (SSSR count). The first-order valence-electron chi connectivity index (χ1n) is 10.6. The number of carboxylic acid groups (broad SMARTS) is 1. The number of aliphatic carboxylic acids is 1. The predicted octanol–water partition coefficient (Wildman–Crippen LogP) is 4.77. The van der Waals surface area contributed by atoms with Gasteiger partial charge in [-0.25, -0.2) is 4.79 Å². The number of ether oxygens (including phenoxy) is 1. The minimum atomic E-state index is -3.00. The molecule has 178 valence electrons. The van der Waals surface area contributed by atoms with Crippen LogP contribution in [-0.2, 0) is 9.22 Å². The summed E-state index contributed by atoms with van der Waals surface area (Å²) in [4.78, 5) is 23.0. The highest BCUT2D eigenvalue weighted by Crippen LogP contribution is 2.37. The number of nitrogens with zero attached hydrogens (tertiary/aromatic N) is 1. The Morgan fingerprint density at radius 1 is 1.03 bits per heavy atom. The quantitative estimate of drug-likeness (QED) is 0.237. The second-order valence-corrected chi connectivity index (χ2v) is 14.0. The highest BCUT2D eigenvalue weighted by Gasteiger charge is 2.50. The van der Waals surface area contributed by atoms with Crippen molar-refractivity contribution in [3.8, 4) is 5.75 Å². The van der Waals surface area contributed by atoms with Crippen molar-refractivity contribution in [1.82, 2.24) is 0 Å². The number of benzene rings is 3. The van der Waals surface area contributed by atoms with Crippen LogP contribution in [-0.4, -0.2) is 37.0 Å². The molecule has 9 heteroatoms. The SMILES string of the molecule is CC(C)(C)[Si](OC[C@H](Oc1ccc(Br)cc1[N+](=O)[O-])C(=O)O)(c1ccccc1)c1ccccc1. The molecule has 0 radical (unpaired) electrons. The minimum Gasteiger partial charge on any atom is -0.478 e. The number of rotatable bonds is 9. The van der Waals surface area contributed by atoms with Gasteiger partial charge in [0.2, 0.25) is 6.10 Å². The van der Waals surface area contributed by atoms with Crippen LogP contribution in [0, 0.1) is 10.1 Å². The highest BCUT2D eigenvalue weighted by atomic mass is 79.9. The van der Waals surface area contributed by atoms with E-state index < -0.39 is 25.3 Å². The lowest BCUT2D eigenvalue weighted by Gasteiger charge is -2.43. The van der Waals surface area contributed by atoms with Crippen molar-refractivity contribution in [3.63, 3.8) is 0 Å². The third-order valence-electron chi connectivity index (χ3n) is 5.53. The first kappa shape index (κ1) is 25.6. The second kappa shape index (κ2) is 10.5. The van der Waals surface area contributed by atoms with E-state index in [0.717, 1.165) is 10.4 Å². The summed E-state index contributed by atoms with van der Waals surface area (Å²) in [6.45, 7) is 5.95. The molecule has 3 aromatic rings. The zero-order valence-electron chi connectivity index (χ0n) is 19.1. The standard InChI is InChI=1S/C25H26BrNO6Si/c1-25(2,3)34(19-10-6-4-7-11-19,20-12-8-5-9-13-20)32-17-23(24(28)29)33-22-15-14-18(26)16-21(22)27(30)31/h4-16,23H,17H2,1-3H3,(H,28,29)/t23-/m0/s1. The van der Waals surface area contributed by atoms with E-state index >= 15 is 0 Å². The van der Waals surface area contributed by atoms with Crippen molar-refractivity contribution < 1.29 is 24.0 Å². The van der Waals surface area contributed by atoms with Crippen LogP contribution in [0.2, 0.25) is 5.04 Å². The van der Waals surface area contributed by atoms with Gasteiger partial charge in [0.15, 0.2) is 5.75 Å². The Morgan fingerprint density at radius 2 is 1.56 bits per heavy atom. The molecule has 1 N–H and O–H groups in total. The van der Waals surface area contributed by atoms with Crippen molar-refractivity contribution >= 4 is 46.3 Å². The number of nitro groups is 1. The summed E-state index contributed by atoms with van der Waals surface area (Å²) in [7, 11) is -3.00. The van der Waals surface area contributed by atoms with Crippen LogP contribution in [0.25, 0.3) is 0 Å². The fourth-order valence-electron chi connectivity index (χ4n) is 4.00. The lowest BCUT2D eigenvalue weighted by molar-refractivity contribution is -0.386. The van der Waals surface area contributed by atoms with Crippen molar-refractivity contribution in [2.24, 2.45) is 0 Å². The number of carbonyl (C=O) groups is 1. The lowest BCUT2D eigenvalue weighted by atomic mass is 10.2. The van der Waals surface area contributed by atoms with Gasteiger partial charge in [0.25, 0.3) is 8.32 Å². The average Bonchev–Trinajstić information content (AvgIpc) is 2.79. The van der Waals surface area contributed by atoms with Crippen LogP contribution >= 0.6 is 15.9 Å². The first-order valence-corrected chi connectivity index (χ1v) is 13.3. The van der Waals surface area contributed by atoms with Gasteiger partial charge in [-0.1, -0.05) is 97.4 Å². The van der Waals surface area contributed by atoms with E-state index in [4.69, 9.17) is 9.16 Å². The van der Waals surface area contributed by atoms with Crippen LogP contribution in [0.1, 0.15) is 20.8 Å². The second-order valence-electron chi connectivity index (χ2n) is 8.79. The van der Waals surface area contributed by atoms with E-state index in [1.165, 1.54) is 12.1 Å². The molecule has 0 spiro atoms. The number of halogens is 1. The minimum absolute atomic E-state index is 0.133. The summed E-state index contributed by atoms with van der Waals surface area (Å²) in [5.74, 6) is -1.40. The van der Waals surface area contributed by atoms with Gasteiger partial charge in [-0.3, -0.25) is 10.1 Å². The Balaban J connectivity index is 2.03. The maximum Gasteiger partial charge on any atom is 0.347 e. The van der Waals surface area contributed by atoms with E-state index in [1.54, 1.807) is 6.07 Å². The molecule has 7 nitrogen and oxygen atoms in total. The zero-order valence-corrected chi connectivity index (χ0v) is 21.7. The van der Waals surface area contributed by atoms with E-state index in [-0.39, 0.29) is 23.1 Å². The Kier molecular flexibility index (Phi) is 7.91. The van der Waals surface area contributed by atoms with Gasteiger partial charge in [0, 0.05) is 10.5 Å².